The zero-order valence-corrected chi connectivity index (χ0v) is 18.1. The van der Waals surface area contributed by atoms with Crippen LogP contribution in [-0.2, 0) is 20.0 Å². The van der Waals surface area contributed by atoms with Crippen molar-refractivity contribution in [1.82, 2.24) is 29.5 Å². The van der Waals surface area contributed by atoms with E-state index in [1.807, 2.05) is 20.0 Å². The molecule has 5 rings (SSSR count). The van der Waals surface area contributed by atoms with Gasteiger partial charge in [-0.3, -0.25) is 4.68 Å². The number of nitrogens with zero attached hydrogens (tertiary/aromatic N) is 6. The van der Waals surface area contributed by atoms with E-state index in [1.165, 1.54) is 18.6 Å². The summed E-state index contributed by atoms with van der Waals surface area (Å²) >= 11 is 12.3. The van der Waals surface area contributed by atoms with Gasteiger partial charge < -0.3 is 4.57 Å². The topological polar surface area (TPSA) is 61.4 Å². The molecule has 0 bridgehead atoms. The van der Waals surface area contributed by atoms with Crippen LogP contribution in [0.4, 0.5) is 4.39 Å². The molecule has 0 saturated carbocycles. The molecule has 6 nitrogen and oxygen atoms in total. The van der Waals surface area contributed by atoms with Gasteiger partial charge in [-0.15, -0.1) is 10.2 Å². The summed E-state index contributed by atoms with van der Waals surface area (Å²) in [6.45, 7) is 2.81. The molecule has 1 aromatic carbocycles. The third-order valence-corrected chi connectivity index (χ3v) is 6.21. The Labute approximate surface area is 182 Å². The van der Waals surface area contributed by atoms with Crippen molar-refractivity contribution in [3.63, 3.8) is 0 Å². The Kier molecular flexibility index (Phi) is 4.75. The zero-order valence-electron chi connectivity index (χ0n) is 16.6. The maximum atomic E-state index is 14.2. The van der Waals surface area contributed by atoms with Crippen LogP contribution in [0, 0.1) is 12.7 Å². The van der Waals surface area contributed by atoms with Crippen LogP contribution in [0.3, 0.4) is 0 Å². The maximum absolute atomic E-state index is 14.2. The second kappa shape index (κ2) is 7.32. The predicted molar refractivity (Wildman–Crippen MR) is 115 cm³/mol. The molecule has 3 aromatic heterocycles. The van der Waals surface area contributed by atoms with E-state index in [4.69, 9.17) is 28.2 Å². The van der Waals surface area contributed by atoms with Gasteiger partial charge in [0.15, 0.2) is 11.5 Å². The van der Waals surface area contributed by atoms with Gasteiger partial charge in [0, 0.05) is 31.1 Å². The standard InChI is InChI=1S/C21H19Cl2FN6/c1-11-19-13(20-27-26-18-6-4-3-5-7-30(18)20)9-17(25-21(19)29(2)28-11)12-8-16(24)15(23)10-14(12)22/h8-10H,3-7H2,1-2H3. The number of fused-ring (bicyclic) bond motifs is 2. The normalized spacial score (nSPS) is 14.2. The van der Waals surface area contributed by atoms with Gasteiger partial charge in [0.05, 0.1) is 26.8 Å². The van der Waals surface area contributed by atoms with E-state index >= 15 is 0 Å². The van der Waals surface area contributed by atoms with E-state index in [0.717, 1.165) is 54.1 Å². The highest BCUT2D eigenvalue weighted by Crippen LogP contribution is 2.37. The second-order valence-electron chi connectivity index (χ2n) is 7.61. The molecule has 9 heteroatoms. The van der Waals surface area contributed by atoms with Crippen LogP contribution in [0.1, 0.15) is 30.8 Å². The van der Waals surface area contributed by atoms with Crippen molar-refractivity contribution in [1.29, 1.82) is 0 Å². The van der Waals surface area contributed by atoms with Crippen molar-refractivity contribution >= 4 is 34.2 Å². The molecule has 0 spiro atoms. The molecule has 4 heterocycles. The Morgan fingerprint density at radius 2 is 1.83 bits per heavy atom. The number of pyridine rings is 1. The highest BCUT2D eigenvalue weighted by molar-refractivity contribution is 6.36. The molecule has 0 aliphatic carbocycles. The largest absolute Gasteiger partial charge is 0.311 e. The Balaban J connectivity index is 1.81. The smallest absolute Gasteiger partial charge is 0.164 e. The predicted octanol–water partition coefficient (Wildman–Crippen LogP) is 5.37. The van der Waals surface area contributed by atoms with Gasteiger partial charge in [-0.05, 0) is 38.0 Å². The molecule has 1 aliphatic rings. The van der Waals surface area contributed by atoms with Crippen molar-refractivity contribution in [2.45, 2.75) is 39.2 Å². The summed E-state index contributed by atoms with van der Waals surface area (Å²) in [4.78, 5) is 4.75. The Hall–Kier alpha value is -2.51. The average molecular weight is 445 g/mol. The lowest BCUT2D eigenvalue weighted by Gasteiger charge is -2.12. The minimum Gasteiger partial charge on any atom is -0.311 e. The molecule has 1 aliphatic heterocycles. The molecular formula is C21H19Cl2FN6. The molecule has 4 aromatic rings. The van der Waals surface area contributed by atoms with E-state index in [1.54, 1.807) is 4.68 Å². The number of hydrogen-bond acceptors (Lipinski definition) is 4. The molecule has 0 radical (unpaired) electrons. The first-order chi connectivity index (χ1) is 14.4. The van der Waals surface area contributed by atoms with E-state index < -0.39 is 5.82 Å². The lowest BCUT2D eigenvalue weighted by Crippen LogP contribution is -2.04. The molecule has 0 fully saturated rings. The van der Waals surface area contributed by atoms with Crippen LogP contribution in [0.15, 0.2) is 18.2 Å². The minimum absolute atomic E-state index is 0.0239. The molecule has 154 valence electrons. The highest BCUT2D eigenvalue weighted by Gasteiger charge is 2.23. The van der Waals surface area contributed by atoms with E-state index in [2.05, 4.69) is 19.9 Å². The lowest BCUT2D eigenvalue weighted by atomic mass is 10.0. The fourth-order valence-electron chi connectivity index (χ4n) is 4.16. The molecule has 0 atom stereocenters. The fourth-order valence-corrected chi connectivity index (χ4v) is 4.64. The van der Waals surface area contributed by atoms with Crippen molar-refractivity contribution in [3.8, 4) is 22.6 Å². The van der Waals surface area contributed by atoms with Crippen molar-refractivity contribution in [3.05, 3.63) is 45.6 Å². The Bertz CT molecular complexity index is 1290. The highest BCUT2D eigenvalue weighted by atomic mass is 35.5. The number of hydrogen-bond donors (Lipinski definition) is 0. The number of benzene rings is 1. The quantitative estimate of drug-likeness (QED) is 0.389. The van der Waals surface area contributed by atoms with Gasteiger partial charge in [-0.2, -0.15) is 5.10 Å². The van der Waals surface area contributed by atoms with Crippen LogP contribution in [0.2, 0.25) is 10.0 Å². The minimum atomic E-state index is -0.544. The van der Waals surface area contributed by atoms with E-state index in [9.17, 15) is 4.39 Å². The monoisotopic (exact) mass is 444 g/mol. The van der Waals surface area contributed by atoms with Gasteiger partial charge >= 0.3 is 0 Å². The lowest BCUT2D eigenvalue weighted by molar-refractivity contribution is 0.628. The third-order valence-electron chi connectivity index (χ3n) is 5.61. The number of aryl methyl sites for hydroxylation is 3. The van der Waals surface area contributed by atoms with Gasteiger partial charge in [0.2, 0.25) is 0 Å². The Morgan fingerprint density at radius 1 is 1.00 bits per heavy atom. The summed E-state index contributed by atoms with van der Waals surface area (Å²) in [7, 11) is 1.84. The third kappa shape index (κ3) is 3.08. The first-order valence-corrected chi connectivity index (χ1v) is 10.6. The molecule has 0 saturated heterocycles. The van der Waals surface area contributed by atoms with E-state index in [0.29, 0.717) is 21.9 Å². The molecule has 0 amide bonds. The first-order valence-electron chi connectivity index (χ1n) is 9.85. The number of aromatic nitrogens is 6. The summed E-state index contributed by atoms with van der Waals surface area (Å²) in [5.41, 5.74) is 3.40. The van der Waals surface area contributed by atoms with Crippen LogP contribution in [0.5, 0.6) is 0 Å². The van der Waals surface area contributed by atoms with Crippen LogP contribution >= 0.6 is 23.2 Å². The van der Waals surface area contributed by atoms with Gasteiger partial charge in [-0.25, -0.2) is 9.37 Å². The average Bonchev–Trinajstić information content (AvgIpc) is 3.14. The number of rotatable bonds is 2. The van der Waals surface area contributed by atoms with E-state index in [-0.39, 0.29) is 5.02 Å². The fraction of sp³-hybridized carbons (Fsp3) is 0.333. The van der Waals surface area contributed by atoms with Crippen LogP contribution in [0.25, 0.3) is 33.7 Å². The molecular weight excluding hydrogens is 426 g/mol. The van der Waals surface area contributed by atoms with Gasteiger partial charge in [0.1, 0.15) is 11.6 Å². The summed E-state index contributed by atoms with van der Waals surface area (Å²) in [5.74, 6) is 1.23. The number of halogens is 3. The SMILES string of the molecule is Cc1nn(C)c2nc(-c3cc(F)c(Cl)cc3Cl)cc(-c3nnc4n3CCCCC4)c12. The zero-order chi connectivity index (χ0) is 21.0. The second-order valence-corrected chi connectivity index (χ2v) is 8.43. The Morgan fingerprint density at radius 3 is 2.67 bits per heavy atom. The summed E-state index contributed by atoms with van der Waals surface area (Å²) in [6, 6.07) is 4.61. The summed E-state index contributed by atoms with van der Waals surface area (Å²) in [5, 5.41) is 14.7. The molecule has 0 N–H and O–H groups in total. The van der Waals surface area contributed by atoms with Crippen molar-refractivity contribution < 1.29 is 4.39 Å². The maximum Gasteiger partial charge on any atom is 0.164 e. The van der Waals surface area contributed by atoms with Crippen LogP contribution in [-0.4, -0.2) is 29.5 Å². The molecule has 0 unspecified atom stereocenters. The van der Waals surface area contributed by atoms with Gasteiger partial charge in [0.25, 0.3) is 0 Å². The summed E-state index contributed by atoms with van der Waals surface area (Å²) < 4.78 is 18.1. The summed E-state index contributed by atoms with van der Waals surface area (Å²) in [6.07, 6.45) is 4.28. The van der Waals surface area contributed by atoms with Crippen molar-refractivity contribution in [2.24, 2.45) is 7.05 Å². The molecule has 30 heavy (non-hydrogen) atoms. The first kappa shape index (κ1) is 19.5. The van der Waals surface area contributed by atoms with Gasteiger partial charge in [-0.1, -0.05) is 29.6 Å². The van der Waals surface area contributed by atoms with Crippen molar-refractivity contribution in [2.75, 3.05) is 0 Å². The van der Waals surface area contributed by atoms with Crippen LogP contribution < -0.4 is 0 Å².